The van der Waals surface area contributed by atoms with E-state index in [1.807, 2.05) is 55.4 Å². The summed E-state index contributed by atoms with van der Waals surface area (Å²) in [5.74, 6) is 0. The van der Waals surface area contributed by atoms with E-state index in [1.165, 1.54) is 0 Å². The van der Waals surface area contributed by atoms with Crippen molar-refractivity contribution in [1.82, 2.24) is 0 Å². The standard InChI is InChI=1S/C12H24B2O5/c1-9(2)10(3,4)16-13(15-9)19-14-17-11(5,6)12(7,8)18-14/h1-8H3. The van der Waals surface area contributed by atoms with Gasteiger partial charge in [0, 0.05) is 0 Å². The van der Waals surface area contributed by atoms with Crippen molar-refractivity contribution >= 4 is 14.6 Å². The van der Waals surface area contributed by atoms with Crippen LogP contribution >= 0.6 is 0 Å². The fraction of sp³-hybridized carbons (Fsp3) is 1.00. The Bertz CT molecular complexity index is 301. The summed E-state index contributed by atoms with van der Waals surface area (Å²) in [6.45, 7) is 15.8. The highest BCUT2D eigenvalue weighted by Gasteiger charge is 2.58. The van der Waals surface area contributed by atoms with E-state index in [9.17, 15) is 0 Å². The molecule has 2 saturated heterocycles. The molecular formula is C12H24B2O5. The Morgan fingerprint density at radius 1 is 0.526 bits per heavy atom. The second-order valence-electron chi connectivity index (χ2n) is 7.23. The van der Waals surface area contributed by atoms with Crippen molar-refractivity contribution in [2.45, 2.75) is 77.8 Å². The molecule has 0 amide bonds. The zero-order valence-corrected chi connectivity index (χ0v) is 13.2. The van der Waals surface area contributed by atoms with Crippen molar-refractivity contribution in [2.24, 2.45) is 0 Å². The monoisotopic (exact) mass is 270 g/mol. The second kappa shape index (κ2) is 4.21. The van der Waals surface area contributed by atoms with Crippen LogP contribution < -0.4 is 0 Å². The lowest BCUT2D eigenvalue weighted by molar-refractivity contribution is 0.00578. The van der Waals surface area contributed by atoms with Crippen LogP contribution in [0.25, 0.3) is 0 Å². The van der Waals surface area contributed by atoms with E-state index in [0.29, 0.717) is 0 Å². The van der Waals surface area contributed by atoms with Crippen LogP contribution in [0.4, 0.5) is 0 Å². The summed E-state index contributed by atoms with van der Waals surface area (Å²) in [5, 5.41) is 0. The van der Waals surface area contributed by atoms with Crippen LogP contribution in [0.3, 0.4) is 0 Å². The van der Waals surface area contributed by atoms with Crippen LogP contribution in [0.15, 0.2) is 0 Å². The maximum atomic E-state index is 5.76. The van der Waals surface area contributed by atoms with Crippen molar-refractivity contribution in [1.29, 1.82) is 0 Å². The first-order valence-corrected chi connectivity index (χ1v) is 6.73. The first-order valence-electron chi connectivity index (χ1n) is 6.73. The SMILES string of the molecule is CC1(C)OB(OB2OC(C)(C)C(C)(C)O2)OC1(C)C. The Hall–Kier alpha value is -0.0701. The van der Waals surface area contributed by atoms with Crippen LogP contribution in [0.1, 0.15) is 55.4 Å². The predicted octanol–water partition coefficient (Wildman–Crippen LogP) is 2.18. The summed E-state index contributed by atoms with van der Waals surface area (Å²) in [7, 11) is -1.56. The molecule has 0 radical (unpaired) electrons. The largest absolute Gasteiger partial charge is 0.628 e. The van der Waals surface area contributed by atoms with Crippen molar-refractivity contribution < 1.29 is 23.2 Å². The van der Waals surface area contributed by atoms with Crippen molar-refractivity contribution in [3.8, 4) is 0 Å². The minimum absolute atomic E-state index is 0.429. The molecule has 2 aliphatic heterocycles. The lowest BCUT2D eigenvalue weighted by Gasteiger charge is -2.31. The summed E-state index contributed by atoms with van der Waals surface area (Å²) in [5.41, 5.74) is -1.72. The quantitative estimate of drug-likeness (QED) is 0.719. The van der Waals surface area contributed by atoms with Gasteiger partial charge < -0.3 is 23.2 Å². The topological polar surface area (TPSA) is 46.2 Å². The lowest BCUT2D eigenvalue weighted by atomic mass is 9.90. The zero-order valence-electron chi connectivity index (χ0n) is 13.2. The molecular weight excluding hydrogens is 246 g/mol. The van der Waals surface area contributed by atoms with Gasteiger partial charge in [0.2, 0.25) is 0 Å². The Labute approximate surface area is 116 Å². The van der Waals surface area contributed by atoms with Gasteiger partial charge in [-0.1, -0.05) is 0 Å². The maximum Gasteiger partial charge on any atom is 0.628 e. The lowest BCUT2D eigenvalue weighted by Crippen LogP contribution is -2.41. The molecule has 0 unspecified atom stereocenters. The van der Waals surface area contributed by atoms with Gasteiger partial charge in [0.15, 0.2) is 0 Å². The Morgan fingerprint density at radius 3 is 0.947 bits per heavy atom. The highest BCUT2D eigenvalue weighted by Crippen LogP contribution is 2.40. The summed E-state index contributed by atoms with van der Waals surface area (Å²) in [4.78, 5) is 0. The molecule has 2 aliphatic rings. The van der Waals surface area contributed by atoms with Crippen molar-refractivity contribution in [3.05, 3.63) is 0 Å². The van der Waals surface area contributed by atoms with E-state index in [2.05, 4.69) is 0 Å². The minimum atomic E-state index is -0.778. The summed E-state index contributed by atoms with van der Waals surface area (Å²) < 4.78 is 28.7. The molecule has 0 spiro atoms. The molecule has 0 atom stereocenters. The van der Waals surface area contributed by atoms with Gasteiger partial charge in [0.25, 0.3) is 0 Å². The maximum absolute atomic E-state index is 5.76. The molecule has 7 heteroatoms. The molecule has 0 N–H and O–H groups in total. The molecule has 0 aromatic heterocycles. The average molecular weight is 270 g/mol. The van der Waals surface area contributed by atoms with E-state index in [-0.39, 0.29) is 0 Å². The Morgan fingerprint density at radius 2 is 0.737 bits per heavy atom. The van der Waals surface area contributed by atoms with Crippen LogP contribution in [-0.4, -0.2) is 37.0 Å². The summed E-state index contributed by atoms with van der Waals surface area (Å²) in [6, 6.07) is 0. The van der Waals surface area contributed by atoms with Gasteiger partial charge >= 0.3 is 14.6 Å². The van der Waals surface area contributed by atoms with Gasteiger partial charge in [0.1, 0.15) is 0 Å². The van der Waals surface area contributed by atoms with Crippen LogP contribution in [-0.2, 0) is 23.2 Å². The van der Waals surface area contributed by atoms with E-state index in [4.69, 9.17) is 23.2 Å². The van der Waals surface area contributed by atoms with E-state index in [0.717, 1.165) is 0 Å². The van der Waals surface area contributed by atoms with Gasteiger partial charge in [-0.15, -0.1) is 0 Å². The molecule has 0 bridgehead atoms. The van der Waals surface area contributed by atoms with Crippen molar-refractivity contribution in [2.75, 3.05) is 0 Å². The molecule has 2 rings (SSSR count). The van der Waals surface area contributed by atoms with E-state index in [1.54, 1.807) is 0 Å². The first-order chi connectivity index (χ1) is 8.36. The molecule has 0 aromatic carbocycles. The van der Waals surface area contributed by atoms with Gasteiger partial charge in [-0.3, -0.25) is 0 Å². The third kappa shape index (κ3) is 2.59. The zero-order chi connectivity index (χ0) is 14.7. The molecule has 5 nitrogen and oxygen atoms in total. The van der Waals surface area contributed by atoms with Gasteiger partial charge in [-0.2, -0.15) is 0 Å². The minimum Gasteiger partial charge on any atom is -0.399 e. The molecule has 0 saturated carbocycles. The van der Waals surface area contributed by atoms with E-state index < -0.39 is 37.0 Å². The Balaban J connectivity index is 1.99. The fourth-order valence-corrected chi connectivity index (χ4v) is 1.78. The first kappa shape index (κ1) is 15.3. The van der Waals surface area contributed by atoms with Crippen LogP contribution in [0, 0.1) is 0 Å². The summed E-state index contributed by atoms with van der Waals surface area (Å²) in [6.07, 6.45) is 0. The number of hydrogen-bond acceptors (Lipinski definition) is 5. The van der Waals surface area contributed by atoms with Gasteiger partial charge in [-0.05, 0) is 55.4 Å². The highest BCUT2D eigenvalue weighted by atomic mass is 16.8. The van der Waals surface area contributed by atoms with Gasteiger partial charge in [0.05, 0.1) is 22.4 Å². The smallest absolute Gasteiger partial charge is 0.399 e. The third-order valence-corrected chi connectivity index (χ3v) is 4.69. The third-order valence-electron chi connectivity index (χ3n) is 4.69. The van der Waals surface area contributed by atoms with Gasteiger partial charge in [-0.25, -0.2) is 0 Å². The summed E-state index contributed by atoms with van der Waals surface area (Å²) >= 11 is 0. The predicted molar refractivity (Wildman–Crippen MR) is 73.2 cm³/mol. The molecule has 0 aromatic rings. The van der Waals surface area contributed by atoms with Crippen molar-refractivity contribution in [3.63, 3.8) is 0 Å². The Kier molecular flexibility index (Phi) is 3.40. The fourth-order valence-electron chi connectivity index (χ4n) is 1.78. The molecule has 2 heterocycles. The number of rotatable bonds is 2. The normalized spacial score (nSPS) is 30.9. The molecule has 108 valence electrons. The molecule has 0 aliphatic carbocycles. The molecule has 2 fully saturated rings. The van der Waals surface area contributed by atoms with E-state index >= 15 is 0 Å². The van der Waals surface area contributed by atoms with Crippen LogP contribution in [0.2, 0.25) is 0 Å². The second-order valence-corrected chi connectivity index (χ2v) is 7.23. The number of hydrogen-bond donors (Lipinski definition) is 0. The van der Waals surface area contributed by atoms with Crippen LogP contribution in [0.5, 0.6) is 0 Å². The molecule has 19 heavy (non-hydrogen) atoms. The highest BCUT2D eigenvalue weighted by molar-refractivity contribution is 6.53. The average Bonchev–Trinajstić information content (AvgIpc) is 2.42.